The van der Waals surface area contributed by atoms with Gasteiger partial charge in [-0.2, -0.15) is 0 Å². The zero-order valence-electron chi connectivity index (χ0n) is 13.1. The van der Waals surface area contributed by atoms with Crippen LogP contribution in [-0.4, -0.2) is 26.3 Å². The Morgan fingerprint density at radius 3 is 2.18 bits per heavy atom. The van der Waals surface area contributed by atoms with Gasteiger partial charge >= 0.3 is 5.97 Å². The molecule has 4 nitrogen and oxygen atoms in total. The molecule has 0 amide bonds. The molecule has 0 heterocycles. The number of esters is 1. The average Bonchev–Trinajstić information content (AvgIpc) is 2.52. The molecule has 0 fully saturated rings. The molecule has 0 aliphatic rings. The van der Waals surface area contributed by atoms with E-state index in [1.165, 1.54) is 0 Å². The first kappa shape index (κ1) is 16.0. The van der Waals surface area contributed by atoms with Gasteiger partial charge in [-0.05, 0) is 49.2 Å². The molecule has 0 N–H and O–H groups in total. The van der Waals surface area contributed by atoms with Crippen molar-refractivity contribution >= 4 is 5.97 Å². The second kappa shape index (κ2) is 7.61. The van der Waals surface area contributed by atoms with E-state index < -0.39 is 0 Å². The van der Waals surface area contributed by atoms with Gasteiger partial charge in [-0.25, -0.2) is 4.79 Å². The molecule has 0 spiro atoms. The molecule has 0 unspecified atom stereocenters. The van der Waals surface area contributed by atoms with Crippen LogP contribution in [0.1, 0.15) is 21.5 Å². The molecule has 2 aromatic carbocycles. The van der Waals surface area contributed by atoms with Gasteiger partial charge in [0.2, 0.25) is 0 Å². The molecule has 0 bridgehead atoms. The summed E-state index contributed by atoms with van der Waals surface area (Å²) >= 11 is 0. The summed E-state index contributed by atoms with van der Waals surface area (Å²) in [4.78, 5) is 12.2. The lowest BCUT2D eigenvalue weighted by molar-refractivity contribution is 0.0732. The van der Waals surface area contributed by atoms with E-state index in [4.69, 9.17) is 14.2 Å². The molecule has 0 aromatic heterocycles. The van der Waals surface area contributed by atoms with Crippen molar-refractivity contribution in [3.05, 3.63) is 59.2 Å². The number of aryl methyl sites for hydroxylation is 2. The second-order valence-electron chi connectivity index (χ2n) is 4.98. The summed E-state index contributed by atoms with van der Waals surface area (Å²) in [6, 6.07) is 12.7. The first-order valence-electron chi connectivity index (χ1n) is 7.12. The Labute approximate surface area is 130 Å². The lowest BCUT2D eigenvalue weighted by Gasteiger charge is -2.10. The second-order valence-corrected chi connectivity index (χ2v) is 4.98. The average molecular weight is 300 g/mol. The molecule has 2 aromatic rings. The molecular weight excluding hydrogens is 280 g/mol. The van der Waals surface area contributed by atoms with Crippen molar-refractivity contribution in [1.29, 1.82) is 0 Å². The van der Waals surface area contributed by atoms with Crippen LogP contribution in [0.3, 0.4) is 0 Å². The quantitative estimate of drug-likeness (QED) is 0.465. The number of rotatable bonds is 6. The van der Waals surface area contributed by atoms with E-state index in [1.807, 2.05) is 32.0 Å². The topological polar surface area (TPSA) is 44.8 Å². The molecule has 116 valence electrons. The highest BCUT2D eigenvalue weighted by Gasteiger charge is 2.12. The summed E-state index contributed by atoms with van der Waals surface area (Å²) < 4.78 is 15.9. The van der Waals surface area contributed by atoms with E-state index >= 15 is 0 Å². The van der Waals surface area contributed by atoms with Crippen LogP contribution in [0.2, 0.25) is 0 Å². The number of ether oxygens (including phenoxy) is 3. The van der Waals surface area contributed by atoms with E-state index in [1.54, 1.807) is 31.4 Å². The van der Waals surface area contributed by atoms with Crippen molar-refractivity contribution in [3.8, 4) is 11.5 Å². The van der Waals surface area contributed by atoms with Gasteiger partial charge in [0.25, 0.3) is 0 Å². The fourth-order valence-corrected chi connectivity index (χ4v) is 2.04. The van der Waals surface area contributed by atoms with Crippen LogP contribution in [-0.2, 0) is 4.74 Å². The normalized spacial score (nSPS) is 10.3. The van der Waals surface area contributed by atoms with Crippen molar-refractivity contribution in [2.24, 2.45) is 0 Å². The Morgan fingerprint density at radius 2 is 1.59 bits per heavy atom. The molecule has 0 aliphatic heterocycles. The van der Waals surface area contributed by atoms with Gasteiger partial charge in [0.05, 0.1) is 12.2 Å². The van der Waals surface area contributed by atoms with Crippen LogP contribution in [0.5, 0.6) is 11.5 Å². The Bertz CT molecular complexity index is 612. The predicted octanol–water partition coefficient (Wildman–Crippen LogP) is 3.55. The van der Waals surface area contributed by atoms with Crippen molar-refractivity contribution in [1.82, 2.24) is 0 Å². The Kier molecular flexibility index (Phi) is 5.55. The molecule has 4 heteroatoms. The summed E-state index contributed by atoms with van der Waals surface area (Å²) in [6.07, 6.45) is 0. The Morgan fingerprint density at radius 1 is 0.955 bits per heavy atom. The van der Waals surface area contributed by atoms with Gasteiger partial charge in [-0.3, -0.25) is 0 Å². The maximum absolute atomic E-state index is 12.2. The third-order valence-electron chi connectivity index (χ3n) is 3.25. The number of hydrogen-bond acceptors (Lipinski definition) is 4. The third kappa shape index (κ3) is 4.09. The van der Waals surface area contributed by atoms with Gasteiger partial charge < -0.3 is 14.2 Å². The van der Waals surface area contributed by atoms with E-state index in [2.05, 4.69) is 0 Å². The predicted molar refractivity (Wildman–Crippen MR) is 84.7 cm³/mol. The Hall–Kier alpha value is -2.33. The van der Waals surface area contributed by atoms with Crippen molar-refractivity contribution in [3.63, 3.8) is 0 Å². The van der Waals surface area contributed by atoms with E-state index in [-0.39, 0.29) is 5.97 Å². The van der Waals surface area contributed by atoms with Gasteiger partial charge in [0.1, 0.15) is 18.1 Å². The van der Waals surface area contributed by atoms with Gasteiger partial charge in [0.15, 0.2) is 0 Å². The van der Waals surface area contributed by atoms with Gasteiger partial charge in [0, 0.05) is 7.11 Å². The molecule has 2 rings (SSSR count). The summed E-state index contributed by atoms with van der Waals surface area (Å²) in [7, 11) is 1.62. The van der Waals surface area contributed by atoms with Crippen molar-refractivity contribution < 1.29 is 19.0 Å². The fraction of sp³-hybridized carbons (Fsp3) is 0.278. The molecule has 0 saturated heterocycles. The highest BCUT2D eigenvalue weighted by Crippen LogP contribution is 2.23. The number of methoxy groups -OCH3 is 1. The number of carbonyl (C=O) groups is 1. The minimum absolute atomic E-state index is 0.374. The van der Waals surface area contributed by atoms with Crippen LogP contribution in [0.25, 0.3) is 0 Å². The standard InChI is InChI=1S/C18H20O4/c1-13-5-4-6-14(2)17(13)22-18(19)15-7-9-16(10-8-15)21-12-11-20-3/h4-10H,11-12H2,1-3H3. The molecule has 0 atom stereocenters. The lowest BCUT2D eigenvalue weighted by atomic mass is 10.1. The van der Waals surface area contributed by atoms with E-state index in [0.717, 1.165) is 11.1 Å². The molecule has 0 radical (unpaired) electrons. The van der Waals surface area contributed by atoms with Crippen molar-refractivity contribution in [2.75, 3.05) is 20.3 Å². The maximum atomic E-state index is 12.2. The SMILES string of the molecule is COCCOc1ccc(C(=O)Oc2c(C)cccc2C)cc1. The number of hydrogen-bond donors (Lipinski definition) is 0. The Balaban J connectivity index is 2.04. The fourth-order valence-electron chi connectivity index (χ4n) is 2.04. The van der Waals surface area contributed by atoms with E-state index in [0.29, 0.717) is 30.3 Å². The zero-order valence-corrected chi connectivity index (χ0v) is 13.1. The van der Waals surface area contributed by atoms with Crippen LogP contribution in [0, 0.1) is 13.8 Å². The number of carbonyl (C=O) groups excluding carboxylic acids is 1. The number of para-hydroxylation sites is 1. The summed E-state index contributed by atoms with van der Waals surface area (Å²) in [5, 5.41) is 0. The maximum Gasteiger partial charge on any atom is 0.343 e. The first-order valence-corrected chi connectivity index (χ1v) is 7.12. The van der Waals surface area contributed by atoms with Crippen LogP contribution in [0.4, 0.5) is 0 Å². The highest BCUT2D eigenvalue weighted by atomic mass is 16.5. The molecular formula is C18H20O4. The minimum Gasteiger partial charge on any atom is -0.491 e. The van der Waals surface area contributed by atoms with Gasteiger partial charge in [-0.1, -0.05) is 18.2 Å². The summed E-state index contributed by atoms with van der Waals surface area (Å²) in [5.41, 5.74) is 2.36. The summed E-state index contributed by atoms with van der Waals surface area (Å²) in [5.74, 6) is 0.939. The smallest absolute Gasteiger partial charge is 0.343 e. The zero-order chi connectivity index (χ0) is 15.9. The summed E-state index contributed by atoms with van der Waals surface area (Å²) in [6.45, 7) is 4.84. The van der Waals surface area contributed by atoms with Gasteiger partial charge in [-0.15, -0.1) is 0 Å². The minimum atomic E-state index is -0.374. The van der Waals surface area contributed by atoms with Crippen molar-refractivity contribution in [2.45, 2.75) is 13.8 Å². The molecule has 0 saturated carbocycles. The van der Waals surface area contributed by atoms with E-state index in [9.17, 15) is 4.79 Å². The monoisotopic (exact) mass is 300 g/mol. The number of benzene rings is 2. The largest absolute Gasteiger partial charge is 0.491 e. The molecule has 22 heavy (non-hydrogen) atoms. The first-order chi connectivity index (χ1) is 10.6. The molecule has 0 aliphatic carbocycles. The van der Waals surface area contributed by atoms with Crippen LogP contribution >= 0.6 is 0 Å². The van der Waals surface area contributed by atoms with Crippen LogP contribution in [0.15, 0.2) is 42.5 Å². The highest BCUT2D eigenvalue weighted by molar-refractivity contribution is 5.91. The lowest BCUT2D eigenvalue weighted by Crippen LogP contribution is -2.10. The van der Waals surface area contributed by atoms with Crippen LogP contribution < -0.4 is 9.47 Å². The third-order valence-corrected chi connectivity index (χ3v) is 3.25.